The zero-order chi connectivity index (χ0) is 22.1. The number of hydrogen-bond acceptors (Lipinski definition) is 4. The molecule has 1 aliphatic heterocycles. The molecular formula is C26H35N3O2. The van der Waals surface area contributed by atoms with Crippen LogP contribution in [0.3, 0.4) is 0 Å². The summed E-state index contributed by atoms with van der Waals surface area (Å²) in [6.45, 7) is 13.9. The van der Waals surface area contributed by atoms with Gasteiger partial charge in [0.05, 0.1) is 0 Å². The molecule has 5 nitrogen and oxygen atoms in total. The Labute approximate surface area is 186 Å². The van der Waals surface area contributed by atoms with Crippen LogP contribution in [0.1, 0.15) is 43.6 Å². The van der Waals surface area contributed by atoms with Crippen molar-refractivity contribution in [3.8, 4) is 5.75 Å². The van der Waals surface area contributed by atoms with E-state index in [1.54, 1.807) is 0 Å². The van der Waals surface area contributed by atoms with Gasteiger partial charge in [0.15, 0.2) is 0 Å². The molecule has 0 atom stereocenters. The number of piperazine rings is 1. The van der Waals surface area contributed by atoms with Gasteiger partial charge in [0.1, 0.15) is 11.9 Å². The fourth-order valence-electron chi connectivity index (χ4n) is 5.54. The van der Waals surface area contributed by atoms with Gasteiger partial charge >= 0.3 is 0 Å². The van der Waals surface area contributed by atoms with Crippen LogP contribution in [-0.4, -0.2) is 49.1 Å². The smallest absolute Gasteiger partial charge is 0.251 e. The SMILES string of the molecule is CC1(C)C(NC(=O)c2ccc(CN3CCNCC3)cc2)C(C)(C)C1Oc1ccccc1. The summed E-state index contributed by atoms with van der Waals surface area (Å²) >= 11 is 0. The van der Waals surface area contributed by atoms with Crippen LogP contribution in [0.25, 0.3) is 0 Å². The van der Waals surface area contributed by atoms with Crippen molar-refractivity contribution in [3.63, 3.8) is 0 Å². The number of amides is 1. The van der Waals surface area contributed by atoms with Crippen LogP contribution in [0.2, 0.25) is 0 Å². The van der Waals surface area contributed by atoms with E-state index in [4.69, 9.17) is 4.74 Å². The Bertz CT molecular complexity index is 871. The van der Waals surface area contributed by atoms with Crippen molar-refractivity contribution in [1.29, 1.82) is 0 Å². The zero-order valence-corrected chi connectivity index (χ0v) is 19.2. The highest BCUT2D eigenvalue weighted by Crippen LogP contribution is 2.55. The monoisotopic (exact) mass is 421 g/mol. The van der Waals surface area contributed by atoms with Crippen LogP contribution in [0.5, 0.6) is 5.75 Å². The van der Waals surface area contributed by atoms with E-state index >= 15 is 0 Å². The van der Waals surface area contributed by atoms with Gasteiger partial charge in [-0.05, 0) is 29.8 Å². The van der Waals surface area contributed by atoms with Crippen molar-refractivity contribution in [1.82, 2.24) is 15.5 Å². The van der Waals surface area contributed by atoms with Gasteiger partial charge in [-0.3, -0.25) is 9.69 Å². The quantitative estimate of drug-likeness (QED) is 0.747. The van der Waals surface area contributed by atoms with Crippen molar-refractivity contribution in [2.75, 3.05) is 26.2 Å². The van der Waals surface area contributed by atoms with Gasteiger partial charge in [0, 0.05) is 55.2 Å². The van der Waals surface area contributed by atoms with Crippen LogP contribution < -0.4 is 15.4 Å². The summed E-state index contributed by atoms with van der Waals surface area (Å²) in [7, 11) is 0. The van der Waals surface area contributed by atoms with Crippen LogP contribution in [0.4, 0.5) is 0 Å². The lowest BCUT2D eigenvalue weighted by molar-refractivity contribution is -0.164. The second-order valence-corrected chi connectivity index (χ2v) is 10.1. The number of carbonyl (C=O) groups excluding carboxylic acids is 1. The number of nitrogens with zero attached hydrogens (tertiary/aromatic N) is 1. The van der Waals surface area contributed by atoms with Gasteiger partial charge in [0.25, 0.3) is 5.91 Å². The molecule has 166 valence electrons. The molecule has 2 aliphatic rings. The largest absolute Gasteiger partial charge is 0.489 e. The van der Waals surface area contributed by atoms with E-state index < -0.39 is 0 Å². The fraction of sp³-hybridized carbons (Fsp3) is 0.500. The Morgan fingerprint density at radius 2 is 1.61 bits per heavy atom. The molecule has 0 unspecified atom stereocenters. The van der Waals surface area contributed by atoms with Crippen LogP contribution in [0, 0.1) is 10.8 Å². The molecule has 0 radical (unpaired) electrons. The van der Waals surface area contributed by atoms with Crippen molar-refractivity contribution in [3.05, 3.63) is 65.7 Å². The second kappa shape index (κ2) is 8.64. The summed E-state index contributed by atoms with van der Waals surface area (Å²) in [6, 6.07) is 18.0. The topological polar surface area (TPSA) is 53.6 Å². The van der Waals surface area contributed by atoms with Crippen LogP contribution in [-0.2, 0) is 6.54 Å². The molecule has 1 heterocycles. The van der Waals surface area contributed by atoms with E-state index in [2.05, 4.69) is 55.4 Å². The van der Waals surface area contributed by atoms with Crippen LogP contribution >= 0.6 is 0 Å². The molecule has 0 aromatic heterocycles. The first-order valence-corrected chi connectivity index (χ1v) is 11.3. The van der Waals surface area contributed by atoms with E-state index in [-0.39, 0.29) is 28.9 Å². The first kappa shape index (κ1) is 21.8. The number of hydrogen-bond donors (Lipinski definition) is 2. The molecule has 2 fully saturated rings. The number of nitrogens with one attached hydrogen (secondary N) is 2. The van der Waals surface area contributed by atoms with Crippen molar-refractivity contribution in [2.24, 2.45) is 10.8 Å². The minimum atomic E-state index is -0.169. The van der Waals surface area contributed by atoms with Gasteiger partial charge in [-0.15, -0.1) is 0 Å². The fourth-order valence-corrected chi connectivity index (χ4v) is 5.54. The molecule has 31 heavy (non-hydrogen) atoms. The number of benzene rings is 2. The van der Waals surface area contributed by atoms with Gasteiger partial charge in [-0.25, -0.2) is 0 Å². The summed E-state index contributed by atoms with van der Waals surface area (Å²) in [5.74, 6) is 0.858. The first-order chi connectivity index (χ1) is 14.8. The average molecular weight is 422 g/mol. The molecule has 0 bridgehead atoms. The minimum Gasteiger partial charge on any atom is -0.489 e. The van der Waals surface area contributed by atoms with E-state index in [1.165, 1.54) is 5.56 Å². The number of carbonyl (C=O) groups is 1. The van der Waals surface area contributed by atoms with Gasteiger partial charge < -0.3 is 15.4 Å². The molecule has 2 N–H and O–H groups in total. The lowest BCUT2D eigenvalue weighted by atomic mass is 9.49. The Morgan fingerprint density at radius 3 is 2.23 bits per heavy atom. The molecule has 1 aliphatic carbocycles. The zero-order valence-electron chi connectivity index (χ0n) is 19.2. The maximum Gasteiger partial charge on any atom is 0.251 e. The Hall–Kier alpha value is -2.37. The highest BCUT2D eigenvalue weighted by Gasteiger charge is 2.64. The van der Waals surface area contributed by atoms with Gasteiger partial charge in [-0.2, -0.15) is 0 Å². The molecule has 2 aromatic carbocycles. The lowest BCUT2D eigenvalue weighted by Crippen LogP contribution is -2.74. The predicted molar refractivity (Wildman–Crippen MR) is 124 cm³/mol. The van der Waals surface area contributed by atoms with Crippen LogP contribution in [0.15, 0.2) is 54.6 Å². The Kier molecular flexibility index (Phi) is 6.09. The summed E-state index contributed by atoms with van der Waals surface area (Å²) < 4.78 is 6.33. The molecule has 1 amide bonds. The summed E-state index contributed by atoms with van der Waals surface area (Å²) in [5, 5.41) is 6.67. The highest BCUT2D eigenvalue weighted by molar-refractivity contribution is 5.94. The van der Waals surface area contributed by atoms with E-state index in [0.29, 0.717) is 5.56 Å². The molecule has 1 saturated carbocycles. The minimum absolute atomic E-state index is 0.0157. The maximum absolute atomic E-state index is 13.0. The third kappa shape index (κ3) is 4.48. The van der Waals surface area contributed by atoms with Crippen molar-refractivity contribution < 1.29 is 9.53 Å². The highest BCUT2D eigenvalue weighted by atomic mass is 16.5. The third-order valence-corrected chi connectivity index (χ3v) is 6.94. The number of para-hydroxylation sites is 1. The summed E-state index contributed by atoms with van der Waals surface area (Å²) in [5.41, 5.74) is 1.62. The van der Waals surface area contributed by atoms with E-state index in [1.807, 2.05) is 42.5 Å². The molecule has 5 heteroatoms. The molecule has 2 aromatic rings. The molecule has 1 saturated heterocycles. The van der Waals surface area contributed by atoms with Gasteiger partial charge in [0.2, 0.25) is 0 Å². The summed E-state index contributed by atoms with van der Waals surface area (Å²) in [6.07, 6.45) is 0.0223. The Balaban J connectivity index is 1.38. The average Bonchev–Trinajstić information content (AvgIpc) is 2.77. The summed E-state index contributed by atoms with van der Waals surface area (Å²) in [4.78, 5) is 15.5. The first-order valence-electron chi connectivity index (χ1n) is 11.3. The maximum atomic E-state index is 13.0. The third-order valence-electron chi connectivity index (χ3n) is 6.94. The number of rotatable bonds is 6. The molecule has 4 rings (SSSR count). The lowest BCUT2D eigenvalue weighted by Gasteiger charge is -2.63. The Morgan fingerprint density at radius 1 is 1.00 bits per heavy atom. The van der Waals surface area contributed by atoms with E-state index in [0.717, 1.165) is 38.5 Å². The molecule has 0 spiro atoms. The standard InChI is InChI=1S/C26H35N3O2/c1-25(2)23(26(3,4)24(25)31-21-8-6-5-7-9-21)28-22(30)20-12-10-19(11-13-20)18-29-16-14-27-15-17-29/h5-13,23-24,27H,14-18H2,1-4H3,(H,28,30). The normalized spacial score (nSPS) is 24.8. The molecular weight excluding hydrogens is 386 g/mol. The van der Waals surface area contributed by atoms with E-state index in [9.17, 15) is 4.79 Å². The number of ether oxygens (including phenoxy) is 1. The van der Waals surface area contributed by atoms with Crippen molar-refractivity contribution >= 4 is 5.91 Å². The predicted octanol–water partition coefficient (Wildman–Crippen LogP) is 3.70. The van der Waals surface area contributed by atoms with Gasteiger partial charge in [-0.1, -0.05) is 58.0 Å². The second-order valence-electron chi connectivity index (χ2n) is 10.1. The van der Waals surface area contributed by atoms with Crippen molar-refractivity contribution in [2.45, 2.75) is 46.4 Å².